The van der Waals surface area contributed by atoms with Gasteiger partial charge >= 0.3 is 0 Å². The quantitative estimate of drug-likeness (QED) is 0.344. The van der Waals surface area contributed by atoms with Gasteiger partial charge in [0.05, 0.1) is 0 Å². The van der Waals surface area contributed by atoms with Crippen LogP contribution in [-0.2, 0) is 0 Å². The third kappa shape index (κ3) is 8.58. The van der Waals surface area contributed by atoms with Crippen molar-refractivity contribution < 1.29 is 0 Å². The summed E-state index contributed by atoms with van der Waals surface area (Å²) < 4.78 is -0.994. The van der Waals surface area contributed by atoms with Crippen LogP contribution in [0, 0.1) is 0 Å². The average Bonchev–Trinajstić information content (AvgIpc) is 2.09. The van der Waals surface area contributed by atoms with Crippen molar-refractivity contribution in [3.8, 4) is 0 Å². The zero-order valence-corrected chi connectivity index (χ0v) is 12.0. The fraction of sp³-hybridized carbons (Fsp3) is 1.00. The molecule has 0 amide bonds. The molecule has 0 nitrogen and oxygen atoms in total. The van der Waals surface area contributed by atoms with Gasteiger partial charge in [-0.15, -0.1) is 12.6 Å². The standard InChI is InChI=1S/C10H20Cl2S2/c1-2-3-4-5-6-7-8-9(13)10(11,12)14/h9,13-14H,2-8H2,1H3. The minimum absolute atomic E-state index is 0.0414. The molecular formula is C10H20Cl2S2. The van der Waals surface area contributed by atoms with Crippen molar-refractivity contribution in [1.82, 2.24) is 0 Å². The third-order valence-corrected chi connectivity index (χ3v) is 4.22. The van der Waals surface area contributed by atoms with Crippen LogP contribution in [0.1, 0.15) is 51.9 Å². The molecule has 0 N–H and O–H groups in total. The zero-order chi connectivity index (χ0) is 11.0. The first-order chi connectivity index (χ1) is 6.48. The highest BCUT2D eigenvalue weighted by molar-refractivity contribution is 7.88. The van der Waals surface area contributed by atoms with Gasteiger partial charge < -0.3 is 0 Å². The van der Waals surface area contributed by atoms with Crippen LogP contribution in [0.3, 0.4) is 0 Å². The molecule has 0 spiro atoms. The Hall–Kier alpha value is 1.28. The number of unbranched alkanes of at least 4 members (excludes halogenated alkanes) is 5. The molecule has 86 valence electrons. The number of halogens is 2. The molecule has 0 saturated heterocycles. The molecule has 0 fully saturated rings. The third-order valence-electron chi connectivity index (χ3n) is 2.23. The first kappa shape index (κ1) is 15.3. The maximum Gasteiger partial charge on any atom is 0.172 e. The molecule has 14 heavy (non-hydrogen) atoms. The average molecular weight is 275 g/mol. The van der Waals surface area contributed by atoms with Crippen LogP contribution in [0.2, 0.25) is 0 Å². The van der Waals surface area contributed by atoms with Gasteiger partial charge in [0.15, 0.2) is 3.67 Å². The van der Waals surface area contributed by atoms with Crippen LogP contribution < -0.4 is 0 Å². The molecular weight excluding hydrogens is 255 g/mol. The number of hydrogen-bond acceptors (Lipinski definition) is 2. The topological polar surface area (TPSA) is 0 Å². The Morgan fingerprint density at radius 2 is 1.57 bits per heavy atom. The van der Waals surface area contributed by atoms with Gasteiger partial charge in [-0.05, 0) is 6.42 Å². The minimum Gasteiger partial charge on any atom is -0.172 e. The van der Waals surface area contributed by atoms with Crippen LogP contribution >= 0.6 is 48.5 Å². The molecule has 0 aromatic heterocycles. The van der Waals surface area contributed by atoms with Crippen molar-refractivity contribution in [1.29, 1.82) is 0 Å². The zero-order valence-electron chi connectivity index (χ0n) is 8.68. The lowest BCUT2D eigenvalue weighted by molar-refractivity contribution is 0.584. The van der Waals surface area contributed by atoms with Gasteiger partial charge in [0.2, 0.25) is 0 Å². The molecule has 0 bridgehead atoms. The summed E-state index contributed by atoms with van der Waals surface area (Å²) in [6, 6.07) is 0. The normalized spacial score (nSPS) is 14.4. The van der Waals surface area contributed by atoms with Crippen molar-refractivity contribution in [2.24, 2.45) is 0 Å². The number of thiol groups is 2. The largest absolute Gasteiger partial charge is 0.172 e. The van der Waals surface area contributed by atoms with Gasteiger partial charge in [-0.3, -0.25) is 0 Å². The molecule has 1 atom stereocenters. The molecule has 0 aliphatic heterocycles. The summed E-state index contributed by atoms with van der Waals surface area (Å²) in [6.45, 7) is 2.22. The highest BCUT2D eigenvalue weighted by Crippen LogP contribution is 2.35. The monoisotopic (exact) mass is 274 g/mol. The predicted molar refractivity (Wildman–Crippen MR) is 74.2 cm³/mol. The van der Waals surface area contributed by atoms with Crippen molar-refractivity contribution in [3.05, 3.63) is 0 Å². The van der Waals surface area contributed by atoms with Crippen LogP contribution in [0.15, 0.2) is 0 Å². The van der Waals surface area contributed by atoms with Gasteiger partial charge in [0, 0.05) is 5.25 Å². The lowest BCUT2D eigenvalue weighted by atomic mass is 10.1. The van der Waals surface area contributed by atoms with Gasteiger partial charge in [-0.1, -0.05) is 68.7 Å². The number of hydrogen-bond donors (Lipinski definition) is 2. The summed E-state index contributed by atoms with van der Waals surface area (Å²) in [5, 5.41) is -0.0414. The fourth-order valence-corrected chi connectivity index (χ4v) is 1.82. The highest BCUT2D eigenvalue weighted by Gasteiger charge is 2.26. The number of alkyl halides is 2. The second-order valence-corrected chi connectivity index (χ2v) is 6.90. The van der Waals surface area contributed by atoms with E-state index >= 15 is 0 Å². The first-order valence-corrected chi connectivity index (χ1v) is 6.98. The lowest BCUT2D eigenvalue weighted by Gasteiger charge is -2.20. The summed E-state index contributed by atoms with van der Waals surface area (Å²) in [5.74, 6) is 0. The second kappa shape index (κ2) is 8.43. The number of rotatable bonds is 8. The van der Waals surface area contributed by atoms with E-state index in [4.69, 9.17) is 23.2 Å². The maximum atomic E-state index is 5.80. The Bertz CT molecular complexity index is 135. The van der Waals surface area contributed by atoms with E-state index in [1.54, 1.807) is 0 Å². The maximum absolute atomic E-state index is 5.80. The van der Waals surface area contributed by atoms with Crippen molar-refractivity contribution in [2.75, 3.05) is 0 Å². The van der Waals surface area contributed by atoms with Crippen molar-refractivity contribution >= 4 is 48.5 Å². The Balaban J connectivity index is 3.28. The predicted octanol–water partition coefficient (Wildman–Crippen LogP) is 5.10. The molecule has 0 radical (unpaired) electrons. The van der Waals surface area contributed by atoms with E-state index in [9.17, 15) is 0 Å². The Morgan fingerprint density at radius 3 is 2.07 bits per heavy atom. The first-order valence-electron chi connectivity index (χ1n) is 5.26. The Morgan fingerprint density at radius 1 is 1.07 bits per heavy atom. The van der Waals surface area contributed by atoms with Gasteiger partial charge in [0.25, 0.3) is 0 Å². The summed E-state index contributed by atoms with van der Waals surface area (Å²) in [5.41, 5.74) is 0. The molecule has 0 aliphatic rings. The summed E-state index contributed by atoms with van der Waals surface area (Å²) in [4.78, 5) is 0. The summed E-state index contributed by atoms with van der Waals surface area (Å²) in [7, 11) is 0. The van der Waals surface area contributed by atoms with E-state index in [1.165, 1.54) is 32.1 Å². The molecule has 0 rings (SSSR count). The second-order valence-electron chi connectivity index (χ2n) is 3.66. The molecule has 4 heteroatoms. The Kier molecular flexibility index (Phi) is 9.21. The summed E-state index contributed by atoms with van der Waals surface area (Å²) >= 11 is 20.0. The van der Waals surface area contributed by atoms with Gasteiger partial charge in [0.1, 0.15) is 0 Å². The van der Waals surface area contributed by atoms with Crippen LogP contribution in [0.25, 0.3) is 0 Å². The van der Waals surface area contributed by atoms with Crippen LogP contribution in [0.5, 0.6) is 0 Å². The van der Waals surface area contributed by atoms with Gasteiger partial charge in [-0.2, -0.15) is 12.6 Å². The molecule has 0 aliphatic carbocycles. The summed E-state index contributed by atoms with van der Waals surface area (Å²) in [6.07, 6.45) is 8.59. The lowest BCUT2D eigenvalue weighted by Crippen LogP contribution is -2.19. The van der Waals surface area contributed by atoms with E-state index in [0.717, 1.165) is 12.8 Å². The van der Waals surface area contributed by atoms with E-state index in [1.807, 2.05) is 0 Å². The molecule has 0 aromatic carbocycles. The van der Waals surface area contributed by atoms with Gasteiger partial charge in [-0.25, -0.2) is 0 Å². The van der Waals surface area contributed by atoms with Crippen molar-refractivity contribution in [2.45, 2.75) is 60.8 Å². The SMILES string of the molecule is CCCCCCCCC(S)C(S)(Cl)Cl. The van der Waals surface area contributed by atoms with E-state index in [-0.39, 0.29) is 5.25 Å². The molecule has 1 unspecified atom stereocenters. The van der Waals surface area contributed by atoms with Crippen LogP contribution in [-0.4, -0.2) is 8.92 Å². The molecule has 0 saturated carbocycles. The minimum atomic E-state index is -0.994. The van der Waals surface area contributed by atoms with E-state index in [0.29, 0.717) is 0 Å². The Labute approximate surface area is 109 Å². The smallest absolute Gasteiger partial charge is 0.172 e. The molecule has 0 aromatic rings. The van der Waals surface area contributed by atoms with Crippen LogP contribution in [0.4, 0.5) is 0 Å². The fourth-order valence-electron chi connectivity index (χ4n) is 1.29. The molecule has 0 heterocycles. The van der Waals surface area contributed by atoms with Crippen molar-refractivity contribution in [3.63, 3.8) is 0 Å². The highest BCUT2D eigenvalue weighted by atomic mass is 35.5. The van der Waals surface area contributed by atoms with E-state index in [2.05, 4.69) is 32.2 Å². The van der Waals surface area contributed by atoms with E-state index < -0.39 is 3.67 Å².